The van der Waals surface area contributed by atoms with Gasteiger partial charge in [0.15, 0.2) is 5.16 Å². The standard InChI is InChI=1S/C16H28N4O2S/c1-4-8-14-17-18-16(20(14)11-13-9-7-10-22-13)23-12-15(21)19(5-2)6-3/h13H,4-12H2,1-3H3. The van der Waals surface area contributed by atoms with E-state index in [1.807, 2.05) is 18.7 Å². The first kappa shape index (κ1) is 18.3. The van der Waals surface area contributed by atoms with Crippen LogP contribution in [0.25, 0.3) is 0 Å². The summed E-state index contributed by atoms with van der Waals surface area (Å²) in [7, 11) is 0. The van der Waals surface area contributed by atoms with Gasteiger partial charge in [0.05, 0.1) is 18.4 Å². The molecule has 23 heavy (non-hydrogen) atoms. The molecule has 0 spiro atoms. The Hall–Kier alpha value is -1.08. The molecule has 1 unspecified atom stereocenters. The number of carbonyl (C=O) groups excluding carboxylic acids is 1. The zero-order valence-electron chi connectivity index (χ0n) is 14.5. The minimum atomic E-state index is 0.156. The van der Waals surface area contributed by atoms with E-state index in [9.17, 15) is 4.79 Å². The molecule has 0 N–H and O–H groups in total. The largest absolute Gasteiger partial charge is 0.376 e. The van der Waals surface area contributed by atoms with Crippen LogP contribution in [0.1, 0.15) is 45.9 Å². The van der Waals surface area contributed by atoms with Gasteiger partial charge < -0.3 is 14.2 Å². The highest BCUT2D eigenvalue weighted by atomic mass is 32.2. The second-order valence-electron chi connectivity index (χ2n) is 5.75. The molecule has 1 atom stereocenters. The topological polar surface area (TPSA) is 60.2 Å². The van der Waals surface area contributed by atoms with Crippen molar-refractivity contribution in [3.05, 3.63) is 5.82 Å². The van der Waals surface area contributed by atoms with Gasteiger partial charge in [-0.05, 0) is 33.1 Å². The summed E-state index contributed by atoms with van der Waals surface area (Å²) >= 11 is 1.49. The first-order valence-electron chi connectivity index (χ1n) is 8.63. The van der Waals surface area contributed by atoms with Crippen LogP contribution in [0.5, 0.6) is 0 Å². The SMILES string of the molecule is CCCc1nnc(SCC(=O)N(CC)CC)n1CC1CCCO1. The summed E-state index contributed by atoms with van der Waals surface area (Å²) in [5.41, 5.74) is 0. The monoisotopic (exact) mass is 340 g/mol. The van der Waals surface area contributed by atoms with Crippen LogP contribution in [0.3, 0.4) is 0 Å². The van der Waals surface area contributed by atoms with Crippen molar-refractivity contribution in [2.75, 3.05) is 25.4 Å². The molecule has 1 aliphatic rings. The Morgan fingerprint density at radius 3 is 2.74 bits per heavy atom. The summed E-state index contributed by atoms with van der Waals surface area (Å²) in [6.45, 7) is 9.29. The average Bonchev–Trinajstić information content (AvgIpc) is 3.19. The van der Waals surface area contributed by atoms with Crippen LogP contribution in [0.2, 0.25) is 0 Å². The molecule has 1 fully saturated rings. The Morgan fingerprint density at radius 1 is 1.35 bits per heavy atom. The molecule has 0 aromatic carbocycles. The van der Waals surface area contributed by atoms with E-state index in [0.29, 0.717) is 5.75 Å². The van der Waals surface area contributed by atoms with Crippen molar-refractivity contribution in [2.45, 2.75) is 64.3 Å². The number of hydrogen-bond acceptors (Lipinski definition) is 5. The third-order valence-corrected chi connectivity index (χ3v) is 5.07. The van der Waals surface area contributed by atoms with E-state index >= 15 is 0 Å². The van der Waals surface area contributed by atoms with Crippen molar-refractivity contribution in [2.24, 2.45) is 0 Å². The van der Waals surface area contributed by atoms with Crippen molar-refractivity contribution in [1.82, 2.24) is 19.7 Å². The molecule has 1 aromatic heterocycles. The fourth-order valence-corrected chi connectivity index (χ4v) is 3.67. The number of aryl methyl sites for hydroxylation is 1. The molecule has 0 aliphatic carbocycles. The second-order valence-corrected chi connectivity index (χ2v) is 6.69. The van der Waals surface area contributed by atoms with Gasteiger partial charge in [-0.25, -0.2) is 0 Å². The zero-order valence-corrected chi connectivity index (χ0v) is 15.3. The van der Waals surface area contributed by atoms with Crippen molar-refractivity contribution in [3.63, 3.8) is 0 Å². The van der Waals surface area contributed by atoms with Crippen LogP contribution in [0.15, 0.2) is 5.16 Å². The van der Waals surface area contributed by atoms with Crippen LogP contribution >= 0.6 is 11.8 Å². The van der Waals surface area contributed by atoms with Crippen LogP contribution in [0.4, 0.5) is 0 Å². The van der Waals surface area contributed by atoms with E-state index in [1.54, 1.807) is 0 Å². The molecule has 0 radical (unpaired) electrons. The molecule has 1 aromatic rings. The minimum Gasteiger partial charge on any atom is -0.376 e. The summed E-state index contributed by atoms with van der Waals surface area (Å²) < 4.78 is 7.90. The summed E-state index contributed by atoms with van der Waals surface area (Å²) in [6, 6.07) is 0. The van der Waals surface area contributed by atoms with Gasteiger partial charge in [-0.1, -0.05) is 18.7 Å². The molecular formula is C16H28N4O2S. The Bertz CT molecular complexity index is 496. The Kier molecular flexibility index (Phi) is 7.36. The van der Waals surface area contributed by atoms with Crippen LogP contribution in [-0.4, -0.2) is 57.1 Å². The van der Waals surface area contributed by atoms with E-state index in [-0.39, 0.29) is 12.0 Å². The fourth-order valence-electron chi connectivity index (χ4n) is 2.80. The number of ether oxygens (including phenoxy) is 1. The van der Waals surface area contributed by atoms with Gasteiger partial charge in [0, 0.05) is 26.1 Å². The summed E-state index contributed by atoms with van der Waals surface area (Å²) in [5.74, 6) is 1.57. The summed E-state index contributed by atoms with van der Waals surface area (Å²) in [6.07, 6.45) is 4.40. The molecule has 2 rings (SSSR count). The fraction of sp³-hybridized carbons (Fsp3) is 0.812. The Morgan fingerprint density at radius 2 is 2.13 bits per heavy atom. The third kappa shape index (κ3) is 4.94. The van der Waals surface area contributed by atoms with Crippen molar-refractivity contribution >= 4 is 17.7 Å². The molecule has 1 amide bonds. The van der Waals surface area contributed by atoms with Crippen molar-refractivity contribution in [3.8, 4) is 0 Å². The van der Waals surface area contributed by atoms with Gasteiger partial charge in [-0.2, -0.15) is 0 Å². The molecule has 2 heterocycles. The number of hydrogen-bond donors (Lipinski definition) is 0. The molecule has 1 saturated heterocycles. The van der Waals surface area contributed by atoms with E-state index in [1.165, 1.54) is 11.8 Å². The predicted molar refractivity (Wildman–Crippen MR) is 91.6 cm³/mol. The number of rotatable bonds is 9. The lowest BCUT2D eigenvalue weighted by Crippen LogP contribution is -2.32. The number of thioether (sulfide) groups is 1. The van der Waals surface area contributed by atoms with Crippen LogP contribution < -0.4 is 0 Å². The molecule has 0 bridgehead atoms. The van der Waals surface area contributed by atoms with E-state index in [4.69, 9.17) is 4.74 Å². The maximum Gasteiger partial charge on any atom is 0.233 e. The van der Waals surface area contributed by atoms with E-state index < -0.39 is 0 Å². The number of aromatic nitrogens is 3. The van der Waals surface area contributed by atoms with Crippen molar-refractivity contribution < 1.29 is 9.53 Å². The third-order valence-electron chi connectivity index (χ3n) is 4.12. The Balaban J connectivity index is 2.03. The van der Waals surface area contributed by atoms with Crippen LogP contribution in [0, 0.1) is 0 Å². The zero-order chi connectivity index (χ0) is 16.7. The smallest absolute Gasteiger partial charge is 0.233 e. The quantitative estimate of drug-likeness (QED) is 0.646. The van der Waals surface area contributed by atoms with Gasteiger partial charge in [0.2, 0.25) is 5.91 Å². The molecule has 1 aliphatic heterocycles. The maximum atomic E-state index is 12.2. The summed E-state index contributed by atoms with van der Waals surface area (Å²) in [4.78, 5) is 14.0. The summed E-state index contributed by atoms with van der Waals surface area (Å²) in [5, 5.41) is 9.47. The van der Waals surface area contributed by atoms with E-state index in [0.717, 1.165) is 62.9 Å². The van der Waals surface area contributed by atoms with Crippen molar-refractivity contribution in [1.29, 1.82) is 0 Å². The lowest BCUT2D eigenvalue weighted by molar-refractivity contribution is -0.127. The highest BCUT2D eigenvalue weighted by Crippen LogP contribution is 2.22. The van der Waals surface area contributed by atoms with Gasteiger partial charge in [0.25, 0.3) is 0 Å². The van der Waals surface area contributed by atoms with Gasteiger partial charge in [-0.3, -0.25) is 4.79 Å². The maximum absolute atomic E-state index is 12.2. The number of carbonyl (C=O) groups is 1. The molecule has 130 valence electrons. The molecular weight excluding hydrogens is 312 g/mol. The van der Waals surface area contributed by atoms with E-state index in [2.05, 4.69) is 21.7 Å². The van der Waals surface area contributed by atoms with Gasteiger partial charge in [0.1, 0.15) is 5.82 Å². The molecule has 6 nitrogen and oxygen atoms in total. The average molecular weight is 340 g/mol. The highest BCUT2D eigenvalue weighted by molar-refractivity contribution is 7.99. The van der Waals surface area contributed by atoms with Crippen LogP contribution in [-0.2, 0) is 22.5 Å². The minimum absolute atomic E-state index is 0.156. The number of nitrogens with zero attached hydrogens (tertiary/aromatic N) is 4. The highest BCUT2D eigenvalue weighted by Gasteiger charge is 2.21. The number of amides is 1. The lowest BCUT2D eigenvalue weighted by atomic mass is 10.2. The first-order chi connectivity index (χ1) is 11.2. The normalized spacial score (nSPS) is 17.6. The van der Waals surface area contributed by atoms with Gasteiger partial charge >= 0.3 is 0 Å². The van der Waals surface area contributed by atoms with Gasteiger partial charge in [-0.15, -0.1) is 10.2 Å². The Labute approximate surface area is 143 Å². The first-order valence-corrected chi connectivity index (χ1v) is 9.62. The second kappa shape index (κ2) is 9.27. The predicted octanol–water partition coefficient (Wildman–Crippen LogP) is 2.37. The lowest BCUT2D eigenvalue weighted by Gasteiger charge is -2.18. The molecule has 7 heteroatoms. The molecule has 0 saturated carbocycles.